The molecule has 6 aliphatic rings. The standard InChI is InChI=1S/C30H38N4O3/c1-27(2,36)28-15-29(16-28,17-28)33-26(35)24-11-20(13-32-25(24)31)19-3-5-21(6-4-19)30-12-22(30)14-34(18-30)23-7-9-37-10-8-23/h3-6,11,13,22-23,36H,7-10,12,14-18H2,1-2H3,(H2,31,32)(H,33,35)/t22-,28?,29?,30+/m1/s1. The molecule has 0 unspecified atom stereocenters. The minimum atomic E-state index is -0.714. The number of amides is 1. The van der Waals surface area contributed by atoms with E-state index < -0.39 is 5.60 Å². The van der Waals surface area contributed by atoms with Crippen LogP contribution in [0.4, 0.5) is 5.82 Å². The molecule has 3 heterocycles. The Hall–Kier alpha value is -2.48. The number of nitrogens with two attached hydrogens (primary N) is 1. The molecular weight excluding hydrogens is 464 g/mol. The lowest BCUT2D eigenvalue weighted by molar-refractivity contribution is -0.247. The van der Waals surface area contributed by atoms with Gasteiger partial charge in [0.1, 0.15) is 5.82 Å². The van der Waals surface area contributed by atoms with E-state index in [1.165, 1.54) is 18.5 Å². The summed E-state index contributed by atoms with van der Waals surface area (Å²) in [6.07, 6.45) is 7.81. The lowest BCUT2D eigenvalue weighted by Gasteiger charge is -2.74. The molecule has 7 nitrogen and oxygen atoms in total. The molecule has 1 aromatic carbocycles. The molecule has 4 saturated carbocycles. The van der Waals surface area contributed by atoms with Crippen LogP contribution in [0.3, 0.4) is 0 Å². The number of aromatic nitrogens is 1. The molecule has 8 rings (SSSR count). The number of hydrogen-bond acceptors (Lipinski definition) is 6. The van der Waals surface area contributed by atoms with Crippen molar-refractivity contribution in [1.29, 1.82) is 0 Å². The Balaban J connectivity index is 1.04. The zero-order valence-corrected chi connectivity index (χ0v) is 21.9. The number of pyridine rings is 1. The molecule has 0 spiro atoms. The highest BCUT2D eigenvalue weighted by Crippen LogP contribution is 2.71. The highest BCUT2D eigenvalue weighted by atomic mass is 16.5. The molecule has 2 atom stereocenters. The third-order valence-electron chi connectivity index (χ3n) is 10.5. The van der Waals surface area contributed by atoms with E-state index in [1.807, 2.05) is 19.9 Å². The predicted molar refractivity (Wildman–Crippen MR) is 142 cm³/mol. The lowest BCUT2D eigenvalue weighted by Crippen LogP contribution is -2.79. The number of likely N-dealkylation sites (tertiary alicyclic amines) is 1. The van der Waals surface area contributed by atoms with Crippen molar-refractivity contribution in [2.45, 2.75) is 75.0 Å². The van der Waals surface area contributed by atoms with Crippen LogP contribution in [0.1, 0.15) is 68.3 Å². The number of nitrogen functional groups attached to an aromatic ring is 1. The zero-order valence-electron chi connectivity index (χ0n) is 21.9. The second kappa shape index (κ2) is 7.78. The fraction of sp³-hybridized carbons (Fsp3) is 0.600. The maximum Gasteiger partial charge on any atom is 0.255 e. The number of benzene rings is 1. The number of fused-ring (bicyclic) bond motifs is 1. The van der Waals surface area contributed by atoms with E-state index in [1.54, 1.807) is 6.20 Å². The molecule has 4 aliphatic carbocycles. The van der Waals surface area contributed by atoms with Crippen LogP contribution in [0.5, 0.6) is 0 Å². The first-order chi connectivity index (χ1) is 17.6. The summed E-state index contributed by atoms with van der Waals surface area (Å²) in [5, 5.41) is 13.6. The van der Waals surface area contributed by atoms with E-state index in [4.69, 9.17) is 10.5 Å². The van der Waals surface area contributed by atoms with Crippen LogP contribution in [-0.4, -0.2) is 64.4 Å². The lowest BCUT2D eigenvalue weighted by atomic mass is 9.35. The first-order valence-corrected chi connectivity index (χ1v) is 13.9. The van der Waals surface area contributed by atoms with Gasteiger partial charge in [0.2, 0.25) is 0 Å². The fourth-order valence-electron chi connectivity index (χ4n) is 7.98. The van der Waals surface area contributed by atoms with Gasteiger partial charge in [-0.2, -0.15) is 0 Å². The first kappa shape index (κ1) is 23.6. The van der Waals surface area contributed by atoms with Gasteiger partial charge in [0.05, 0.1) is 11.2 Å². The van der Waals surface area contributed by atoms with E-state index >= 15 is 0 Å². The summed E-state index contributed by atoms with van der Waals surface area (Å²) in [6.45, 7) is 7.90. The molecule has 1 amide bonds. The van der Waals surface area contributed by atoms with Crippen LogP contribution >= 0.6 is 0 Å². The van der Waals surface area contributed by atoms with Crippen LogP contribution in [-0.2, 0) is 10.2 Å². The van der Waals surface area contributed by atoms with E-state index in [9.17, 15) is 9.90 Å². The maximum atomic E-state index is 13.2. The van der Waals surface area contributed by atoms with Crippen molar-refractivity contribution in [3.8, 4) is 11.1 Å². The van der Waals surface area contributed by atoms with E-state index in [0.717, 1.165) is 68.9 Å². The van der Waals surface area contributed by atoms with Gasteiger partial charge in [-0.15, -0.1) is 0 Å². The molecule has 0 radical (unpaired) electrons. The van der Waals surface area contributed by atoms with Crippen LogP contribution in [0, 0.1) is 11.3 Å². The average molecular weight is 503 g/mol. The monoisotopic (exact) mass is 502 g/mol. The smallest absolute Gasteiger partial charge is 0.255 e. The molecule has 37 heavy (non-hydrogen) atoms. The summed E-state index contributed by atoms with van der Waals surface area (Å²) in [5.41, 5.74) is 9.26. The maximum absolute atomic E-state index is 13.2. The van der Waals surface area contributed by atoms with Gasteiger partial charge in [-0.25, -0.2) is 4.98 Å². The Morgan fingerprint density at radius 3 is 2.54 bits per heavy atom. The highest BCUT2D eigenvalue weighted by molar-refractivity contribution is 6.00. The number of carbonyl (C=O) groups is 1. The Kier molecular flexibility index (Phi) is 4.96. The van der Waals surface area contributed by atoms with Crippen molar-refractivity contribution in [2.24, 2.45) is 11.3 Å². The number of nitrogens with one attached hydrogen (secondary N) is 1. The van der Waals surface area contributed by atoms with Crippen molar-refractivity contribution in [3.63, 3.8) is 0 Å². The van der Waals surface area contributed by atoms with Crippen molar-refractivity contribution in [1.82, 2.24) is 15.2 Å². The van der Waals surface area contributed by atoms with Gasteiger partial charge in [0, 0.05) is 60.5 Å². The van der Waals surface area contributed by atoms with Gasteiger partial charge in [-0.3, -0.25) is 9.69 Å². The normalized spacial score (nSPS) is 34.8. The van der Waals surface area contributed by atoms with Crippen LogP contribution < -0.4 is 11.1 Å². The average Bonchev–Trinajstić information content (AvgIpc) is 3.41. The molecule has 6 fully saturated rings. The Bertz CT molecular complexity index is 1230. The molecule has 2 bridgehead atoms. The number of ether oxygens (including phenoxy) is 1. The zero-order chi connectivity index (χ0) is 25.6. The van der Waals surface area contributed by atoms with Crippen LogP contribution in [0.15, 0.2) is 36.5 Å². The number of carbonyl (C=O) groups excluding carboxylic acids is 1. The minimum Gasteiger partial charge on any atom is -0.390 e. The third-order valence-corrected chi connectivity index (χ3v) is 10.5. The summed E-state index contributed by atoms with van der Waals surface area (Å²) in [7, 11) is 0. The predicted octanol–water partition coefficient (Wildman–Crippen LogP) is 3.51. The van der Waals surface area contributed by atoms with Crippen molar-refractivity contribution < 1.29 is 14.6 Å². The van der Waals surface area contributed by atoms with Gasteiger partial charge >= 0.3 is 0 Å². The number of piperidine rings is 1. The minimum absolute atomic E-state index is 0.0606. The van der Waals surface area contributed by atoms with Crippen molar-refractivity contribution >= 4 is 11.7 Å². The second-order valence-electron chi connectivity index (χ2n) is 13.2. The van der Waals surface area contributed by atoms with Crippen LogP contribution in [0.2, 0.25) is 0 Å². The molecule has 2 saturated heterocycles. The highest BCUT2D eigenvalue weighted by Gasteiger charge is 2.73. The summed E-state index contributed by atoms with van der Waals surface area (Å²) >= 11 is 0. The third kappa shape index (κ3) is 3.57. The Morgan fingerprint density at radius 2 is 1.86 bits per heavy atom. The Morgan fingerprint density at radius 1 is 1.16 bits per heavy atom. The number of nitrogens with zero attached hydrogens (tertiary/aromatic N) is 2. The number of hydrogen-bond donors (Lipinski definition) is 3. The SMILES string of the molecule is CC(C)(O)C12CC(NC(=O)c3cc(-c4ccc([C@@]56C[C@@H]5CN(C5CCOCC5)C6)cc4)cnc3N)(C1)C2. The summed E-state index contributed by atoms with van der Waals surface area (Å²) in [5.74, 6) is 0.842. The summed E-state index contributed by atoms with van der Waals surface area (Å²) in [6, 6.07) is 11.4. The largest absolute Gasteiger partial charge is 0.390 e. The number of aliphatic hydroxyl groups is 1. The van der Waals surface area contributed by atoms with E-state index in [-0.39, 0.29) is 22.7 Å². The van der Waals surface area contributed by atoms with Crippen molar-refractivity contribution in [3.05, 3.63) is 47.7 Å². The van der Waals surface area contributed by atoms with E-state index in [2.05, 4.69) is 39.5 Å². The van der Waals surface area contributed by atoms with Gasteiger partial charge in [0.15, 0.2) is 0 Å². The molecule has 1 aromatic heterocycles. The number of anilines is 1. The topological polar surface area (TPSA) is 101 Å². The van der Waals surface area contributed by atoms with Crippen LogP contribution in [0.25, 0.3) is 11.1 Å². The molecule has 7 heteroatoms. The molecule has 196 valence electrons. The Labute approximate surface area is 218 Å². The van der Waals surface area contributed by atoms with Gasteiger partial charge in [-0.1, -0.05) is 24.3 Å². The van der Waals surface area contributed by atoms with Gasteiger partial charge in [-0.05, 0) is 75.5 Å². The second-order valence-corrected chi connectivity index (χ2v) is 13.2. The van der Waals surface area contributed by atoms with Gasteiger partial charge < -0.3 is 20.9 Å². The van der Waals surface area contributed by atoms with Gasteiger partial charge in [0.25, 0.3) is 5.91 Å². The first-order valence-electron chi connectivity index (χ1n) is 13.9. The summed E-state index contributed by atoms with van der Waals surface area (Å²) in [4.78, 5) is 20.2. The molecular formula is C30H38N4O3. The van der Waals surface area contributed by atoms with Crippen molar-refractivity contribution in [2.75, 3.05) is 32.0 Å². The quantitative estimate of drug-likeness (QED) is 0.559. The number of rotatable bonds is 6. The molecule has 4 N–H and O–H groups in total. The van der Waals surface area contributed by atoms with E-state index in [0.29, 0.717) is 17.0 Å². The fourth-order valence-corrected chi connectivity index (χ4v) is 7.98. The molecule has 2 aliphatic heterocycles. The summed E-state index contributed by atoms with van der Waals surface area (Å²) < 4.78 is 5.57. The molecule has 2 aromatic rings.